The Morgan fingerprint density at radius 1 is 1.44 bits per heavy atom. The summed E-state index contributed by atoms with van der Waals surface area (Å²) in [4.78, 5) is 0. The van der Waals surface area contributed by atoms with Gasteiger partial charge in [0.15, 0.2) is 18.5 Å². The maximum atomic E-state index is 11.3. The Bertz CT molecular complexity index is 488. The summed E-state index contributed by atoms with van der Waals surface area (Å²) in [5, 5.41) is 11.4. The van der Waals surface area contributed by atoms with Crippen LogP contribution >= 0.6 is 34.9 Å². The molecule has 2 heterocycles. The van der Waals surface area contributed by atoms with Crippen LogP contribution in [0, 0.1) is 0 Å². The van der Waals surface area contributed by atoms with Crippen molar-refractivity contribution >= 4 is 44.7 Å². The van der Waals surface area contributed by atoms with E-state index in [0.29, 0.717) is 5.75 Å². The molecule has 9 heteroatoms. The third-order valence-electron chi connectivity index (χ3n) is 2.56. The highest BCUT2D eigenvalue weighted by molar-refractivity contribution is 8.02. The van der Waals surface area contributed by atoms with Gasteiger partial charge in [-0.05, 0) is 12.7 Å². The lowest BCUT2D eigenvalue weighted by Gasteiger charge is -2.09. The van der Waals surface area contributed by atoms with E-state index in [0.717, 1.165) is 27.4 Å². The van der Waals surface area contributed by atoms with Crippen LogP contribution in [-0.2, 0) is 9.84 Å². The molecule has 1 aliphatic heterocycles. The van der Waals surface area contributed by atoms with Crippen LogP contribution < -0.4 is 5.32 Å². The first-order valence-corrected chi connectivity index (χ1v) is 10.4. The molecule has 2 rings (SSSR count). The second kappa shape index (κ2) is 6.56. The van der Waals surface area contributed by atoms with E-state index in [4.69, 9.17) is 0 Å². The molecule has 1 aromatic rings. The number of thioether (sulfide) groups is 2. The molecule has 0 radical (unpaired) electrons. The van der Waals surface area contributed by atoms with Gasteiger partial charge in [-0.25, -0.2) is 8.42 Å². The molecular weight excluding hydrogens is 310 g/mol. The highest BCUT2D eigenvalue weighted by Gasteiger charge is 2.26. The summed E-state index contributed by atoms with van der Waals surface area (Å²) >= 11 is 4.85. The molecule has 0 amide bonds. The summed E-state index contributed by atoms with van der Waals surface area (Å²) < 4.78 is 24.5. The number of hydrogen-bond donors (Lipinski definition) is 1. The van der Waals surface area contributed by atoms with E-state index < -0.39 is 9.84 Å². The molecule has 0 aromatic carbocycles. The van der Waals surface area contributed by atoms with Crippen molar-refractivity contribution in [3.05, 3.63) is 0 Å². The summed E-state index contributed by atoms with van der Waals surface area (Å²) in [6, 6.07) is 0.131. The van der Waals surface area contributed by atoms with Crippen molar-refractivity contribution in [3.8, 4) is 0 Å². The SMILES string of the molecule is CSc1nnc(SCCNC2CCS(=O)(=O)C2)s1. The fourth-order valence-electron chi connectivity index (χ4n) is 1.70. The van der Waals surface area contributed by atoms with Gasteiger partial charge in [0.2, 0.25) is 0 Å². The average Bonchev–Trinajstić information content (AvgIpc) is 2.91. The molecule has 5 nitrogen and oxygen atoms in total. The second-order valence-corrected chi connectivity index (χ2v) is 9.54. The first-order chi connectivity index (χ1) is 8.59. The maximum Gasteiger partial charge on any atom is 0.175 e. The zero-order valence-corrected chi connectivity index (χ0v) is 13.2. The topological polar surface area (TPSA) is 72.0 Å². The van der Waals surface area contributed by atoms with Crippen molar-refractivity contribution in [1.29, 1.82) is 0 Å². The number of aromatic nitrogens is 2. The highest BCUT2D eigenvalue weighted by atomic mass is 32.2. The second-order valence-electron chi connectivity index (χ2n) is 3.94. The van der Waals surface area contributed by atoms with E-state index in [1.54, 1.807) is 34.9 Å². The molecule has 1 saturated heterocycles. The number of rotatable bonds is 6. The Balaban J connectivity index is 1.64. The van der Waals surface area contributed by atoms with Gasteiger partial charge >= 0.3 is 0 Å². The van der Waals surface area contributed by atoms with Gasteiger partial charge in [0.25, 0.3) is 0 Å². The number of sulfone groups is 1. The summed E-state index contributed by atoms with van der Waals surface area (Å²) in [6.45, 7) is 0.805. The van der Waals surface area contributed by atoms with Crippen molar-refractivity contribution in [1.82, 2.24) is 15.5 Å². The third-order valence-corrected chi connectivity index (χ3v) is 7.36. The predicted molar refractivity (Wildman–Crippen MR) is 77.5 cm³/mol. The Morgan fingerprint density at radius 2 is 2.22 bits per heavy atom. The Hall–Kier alpha value is 0.170. The largest absolute Gasteiger partial charge is 0.312 e. The zero-order valence-electron chi connectivity index (χ0n) is 9.96. The molecule has 102 valence electrons. The molecule has 18 heavy (non-hydrogen) atoms. The normalized spacial score (nSPS) is 22.4. The lowest BCUT2D eigenvalue weighted by Crippen LogP contribution is -2.31. The van der Waals surface area contributed by atoms with E-state index in [2.05, 4.69) is 15.5 Å². The minimum atomic E-state index is -2.78. The van der Waals surface area contributed by atoms with E-state index in [1.165, 1.54) is 0 Å². The molecular formula is C9H15N3O2S4. The van der Waals surface area contributed by atoms with Gasteiger partial charge in [0, 0.05) is 18.3 Å². The van der Waals surface area contributed by atoms with Crippen LogP contribution in [0.2, 0.25) is 0 Å². The van der Waals surface area contributed by atoms with Crippen molar-refractivity contribution < 1.29 is 8.42 Å². The molecule has 1 aromatic heterocycles. The molecule has 0 bridgehead atoms. The number of hydrogen-bond acceptors (Lipinski definition) is 8. The van der Waals surface area contributed by atoms with Crippen LogP contribution in [0.3, 0.4) is 0 Å². The lowest BCUT2D eigenvalue weighted by atomic mass is 10.3. The standard InChI is InChI=1S/C9H15N3O2S4/c1-15-8-11-12-9(17-8)16-4-3-10-7-2-5-18(13,14)6-7/h7,10H,2-6H2,1H3. The summed E-state index contributed by atoms with van der Waals surface area (Å²) in [5.41, 5.74) is 0. The molecule has 1 fully saturated rings. The van der Waals surface area contributed by atoms with Crippen LogP contribution in [0.5, 0.6) is 0 Å². The maximum absolute atomic E-state index is 11.3. The summed E-state index contributed by atoms with van der Waals surface area (Å²) in [5.74, 6) is 1.50. The summed E-state index contributed by atoms with van der Waals surface area (Å²) in [7, 11) is -2.78. The lowest BCUT2D eigenvalue weighted by molar-refractivity contribution is 0.575. The van der Waals surface area contributed by atoms with Gasteiger partial charge in [0.1, 0.15) is 0 Å². The molecule has 1 unspecified atom stereocenters. The first-order valence-electron chi connectivity index (χ1n) is 5.53. The van der Waals surface area contributed by atoms with Gasteiger partial charge in [0.05, 0.1) is 11.5 Å². The average molecular weight is 326 g/mol. The summed E-state index contributed by atoms with van der Waals surface area (Å²) in [6.07, 6.45) is 2.72. The minimum absolute atomic E-state index is 0.131. The van der Waals surface area contributed by atoms with Crippen LogP contribution in [0.1, 0.15) is 6.42 Å². The van der Waals surface area contributed by atoms with Gasteiger partial charge in [-0.2, -0.15) is 0 Å². The number of nitrogens with zero attached hydrogens (tertiary/aromatic N) is 2. The first kappa shape index (κ1) is 14.6. The fraction of sp³-hybridized carbons (Fsp3) is 0.778. The monoisotopic (exact) mass is 325 g/mol. The van der Waals surface area contributed by atoms with Gasteiger partial charge in [-0.3, -0.25) is 0 Å². The third kappa shape index (κ3) is 4.37. The molecule has 0 aliphatic carbocycles. The Labute approximate surface area is 119 Å². The molecule has 0 saturated carbocycles. The van der Waals surface area contributed by atoms with Gasteiger partial charge in [-0.1, -0.05) is 34.9 Å². The van der Waals surface area contributed by atoms with E-state index >= 15 is 0 Å². The van der Waals surface area contributed by atoms with E-state index in [-0.39, 0.29) is 11.8 Å². The van der Waals surface area contributed by atoms with Crippen LogP contribution in [0.25, 0.3) is 0 Å². The van der Waals surface area contributed by atoms with Crippen molar-refractivity contribution in [2.45, 2.75) is 21.1 Å². The minimum Gasteiger partial charge on any atom is -0.312 e. The Kier molecular flexibility index (Phi) is 5.31. The zero-order chi connectivity index (χ0) is 13.0. The van der Waals surface area contributed by atoms with Crippen LogP contribution in [0.4, 0.5) is 0 Å². The van der Waals surface area contributed by atoms with Gasteiger partial charge < -0.3 is 5.32 Å². The van der Waals surface area contributed by atoms with Crippen molar-refractivity contribution in [2.75, 3.05) is 30.1 Å². The van der Waals surface area contributed by atoms with Gasteiger partial charge in [-0.15, -0.1) is 10.2 Å². The molecule has 1 N–H and O–H groups in total. The quantitative estimate of drug-likeness (QED) is 0.621. The highest BCUT2D eigenvalue weighted by Crippen LogP contribution is 2.26. The molecule has 0 spiro atoms. The fourth-order valence-corrected chi connectivity index (χ4v) is 5.78. The van der Waals surface area contributed by atoms with E-state index in [9.17, 15) is 8.42 Å². The Morgan fingerprint density at radius 3 is 2.83 bits per heavy atom. The molecule has 1 atom stereocenters. The smallest absolute Gasteiger partial charge is 0.175 e. The number of nitrogens with one attached hydrogen (secondary N) is 1. The van der Waals surface area contributed by atoms with E-state index in [1.807, 2.05) is 6.26 Å². The van der Waals surface area contributed by atoms with Crippen molar-refractivity contribution in [3.63, 3.8) is 0 Å². The predicted octanol–water partition coefficient (Wildman–Crippen LogP) is 1.13. The van der Waals surface area contributed by atoms with Crippen LogP contribution in [0.15, 0.2) is 8.68 Å². The van der Waals surface area contributed by atoms with Crippen molar-refractivity contribution in [2.24, 2.45) is 0 Å². The molecule has 1 aliphatic rings. The van der Waals surface area contributed by atoms with Crippen LogP contribution in [-0.4, -0.2) is 54.7 Å².